The molecule has 2 atom stereocenters. The molecule has 1 amide bonds. The van der Waals surface area contributed by atoms with Crippen molar-refractivity contribution >= 4 is 17.6 Å². The molecule has 2 aromatic rings. The number of hydrogen-bond donors (Lipinski definition) is 1. The summed E-state index contributed by atoms with van der Waals surface area (Å²) < 4.78 is 5.53. The van der Waals surface area contributed by atoms with Gasteiger partial charge in [-0.3, -0.25) is 14.5 Å². The van der Waals surface area contributed by atoms with Gasteiger partial charge in [0.2, 0.25) is 5.91 Å². The van der Waals surface area contributed by atoms with Crippen LogP contribution in [0.2, 0.25) is 0 Å². The Bertz CT molecular complexity index is 868. The van der Waals surface area contributed by atoms with E-state index in [-0.39, 0.29) is 24.4 Å². The lowest BCUT2D eigenvalue weighted by Gasteiger charge is -2.34. The fourth-order valence-corrected chi connectivity index (χ4v) is 4.15. The molecule has 0 unspecified atom stereocenters. The van der Waals surface area contributed by atoms with Crippen LogP contribution in [0.5, 0.6) is 5.75 Å². The van der Waals surface area contributed by atoms with Gasteiger partial charge >= 0.3 is 5.97 Å². The molecule has 2 aromatic carbocycles. The summed E-state index contributed by atoms with van der Waals surface area (Å²) in [4.78, 5) is 27.7. The Balaban J connectivity index is 1.62. The summed E-state index contributed by atoms with van der Waals surface area (Å²) in [6, 6.07) is 15.8. The smallest absolute Gasteiger partial charge is 0.304 e. The third-order valence-corrected chi connectivity index (χ3v) is 5.43. The monoisotopic (exact) mass is 366 g/mol. The van der Waals surface area contributed by atoms with E-state index in [1.54, 1.807) is 7.11 Å². The highest BCUT2D eigenvalue weighted by molar-refractivity contribution is 6.03. The van der Waals surface area contributed by atoms with Gasteiger partial charge in [-0.2, -0.15) is 0 Å². The molecule has 2 aliphatic heterocycles. The molecule has 140 valence electrons. The molecule has 0 spiro atoms. The Morgan fingerprint density at radius 1 is 1.19 bits per heavy atom. The minimum Gasteiger partial charge on any atom is -0.495 e. The minimum absolute atomic E-state index is 0.0279. The molecular formula is C21H22N2O4. The van der Waals surface area contributed by atoms with E-state index in [0.29, 0.717) is 18.8 Å². The second-order valence-electron chi connectivity index (χ2n) is 7.00. The summed E-state index contributed by atoms with van der Waals surface area (Å²) in [5.74, 6) is -0.132. The van der Waals surface area contributed by atoms with Crippen LogP contribution in [0, 0.1) is 0 Å². The maximum absolute atomic E-state index is 13.0. The van der Waals surface area contributed by atoms with E-state index in [1.165, 1.54) is 0 Å². The van der Waals surface area contributed by atoms with Crippen molar-refractivity contribution < 1.29 is 19.4 Å². The van der Waals surface area contributed by atoms with Crippen LogP contribution >= 0.6 is 0 Å². The Labute approximate surface area is 158 Å². The van der Waals surface area contributed by atoms with Gasteiger partial charge < -0.3 is 14.7 Å². The summed E-state index contributed by atoms with van der Waals surface area (Å²) in [5, 5.41) is 8.91. The number of amides is 1. The number of carboxylic acid groups (broad SMARTS) is 1. The fourth-order valence-electron chi connectivity index (χ4n) is 4.15. The van der Waals surface area contributed by atoms with E-state index in [1.807, 2.05) is 58.3 Å². The molecule has 0 aliphatic carbocycles. The number of fused-ring (bicyclic) bond motifs is 2. The van der Waals surface area contributed by atoms with Crippen molar-refractivity contribution in [2.24, 2.45) is 0 Å². The van der Waals surface area contributed by atoms with Gasteiger partial charge in [0.25, 0.3) is 0 Å². The van der Waals surface area contributed by atoms with Gasteiger partial charge in [0.1, 0.15) is 5.75 Å². The van der Waals surface area contributed by atoms with E-state index in [0.717, 1.165) is 23.2 Å². The van der Waals surface area contributed by atoms with Crippen molar-refractivity contribution in [2.75, 3.05) is 25.1 Å². The van der Waals surface area contributed by atoms with Crippen molar-refractivity contribution in [3.63, 3.8) is 0 Å². The van der Waals surface area contributed by atoms with Crippen LogP contribution in [0.15, 0.2) is 48.5 Å². The number of ether oxygens (including phenoxy) is 1. The molecule has 6 nitrogen and oxygen atoms in total. The molecule has 6 heteroatoms. The first-order chi connectivity index (χ1) is 13.1. The number of carboxylic acids is 1. The summed E-state index contributed by atoms with van der Waals surface area (Å²) in [7, 11) is 1.61. The average Bonchev–Trinajstić information content (AvgIpc) is 3.24. The molecular weight excluding hydrogens is 344 g/mol. The van der Waals surface area contributed by atoms with Gasteiger partial charge in [-0.15, -0.1) is 0 Å². The number of hydrogen-bond acceptors (Lipinski definition) is 4. The predicted molar refractivity (Wildman–Crippen MR) is 102 cm³/mol. The van der Waals surface area contributed by atoms with Gasteiger partial charge in [0.05, 0.1) is 31.3 Å². The maximum Gasteiger partial charge on any atom is 0.304 e. The normalized spacial score (nSPS) is 21.7. The summed E-state index contributed by atoms with van der Waals surface area (Å²) >= 11 is 0. The molecule has 1 N–H and O–H groups in total. The molecule has 2 aliphatic rings. The number of carbonyl (C=O) groups excluding carboxylic acids is 1. The first-order valence-corrected chi connectivity index (χ1v) is 9.11. The van der Waals surface area contributed by atoms with Crippen molar-refractivity contribution in [1.82, 2.24) is 4.90 Å². The number of aliphatic carboxylic acids is 1. The quantitative estimate of drug-likeness (QED) is 0.851. The van der Waals surface area contributed by atoms with Crippen LogP contribution in [0.25, 0.3) is 11.1 Å². The zero-order chi connectivity index (χ0) is 19.0. The lowest BCUT2D eigenvalue weighted by molar-refractivity contribution is -0.138. The predicted octanol–water partition coefficient (Wildman–Crippen LogP) is 2.63. The summed E-state index contributed by atoms with van der Waals surface area (Å²) in [5.41, 5.74) is 2.90. The Kier molecular flexibility index (Phi) is 4.58. The van der Waals surface area contributed by atoms with E-state index in [2.05, 4.69) is 0 Å². The highest BCUT2D eigenvalue weighted by atomic mass is 16.5. The molecule has 0 aromatic heterocycles. The molecule has 2 saturated heterocycles. The molecule has 4 rings (SSSR count). The molecule has 0 radical (unpaired) electrons. The highest BCUT2D eigenvalue weighted by Crippen LogP contribution is 2.41. The second-order valence-corrected chi connectivity index (χ2v) is 7.00. The van der Waals surface area contributed by atoms with Gasteiger partial charge in [-0.1, -0.05) is 36.4 Å². The number of carbonyl (C=O) groups is 2. The Morgan fingerprint density at radius 3 is 2.63 bits per heavy atom. The lowest BCUT2D eigenvalue weighted by Crippen LogP contribution is -2.51. The van der Waals surface area contributed by atoms with Crippen molar-refractivity contribution in [2.45, 2.75) is 24.9 Å². The number of nitrogens with zero attached hydrogens (tertiary/aromatic N) is 2. The maximum atomic E-state index is 13.0. The zero-order valence-corrected chi connectivity index (χ0v) is 15.2. The van der Waals surface area contributed by atoms with Crippen LogP contribution in [0.1, 0.15) is 12.8 Å². The largest absolute Gasteiger partial charge is 0.495 e. The van der Waals surface area contributed by atoms with Gasteiger partial charge in [-0.05, 0) is 29.7 Å². The van der Waals surface area contributed by atoms with E-state index >= 15 is 0 Å². The Morgan fingerprint density at radius 2 is 1.96 bits per heavy atom. The van der Waals surface area contributed by atoms with Crippen molar-refractivity contribution in [3.8, 4) is 16.9 Å². The fraction of sp³-hybridized carbons (Fsp3) is 0.333. The number of piperazine rings is 1. The third kappa shape index (κ3) is 3.17. The van der Waals surface area contributed by atoms with Crippen LogP contribution < -0.4 is 9.64 Å². The third-order valence-electron chi connectivity index (χ3n) is 5.43. The second kappa shape index (κ2) is 7.04. The molecule has 2 bridgehead atoms. The van der Waals surface area contributed by atoms with Gasteiger partial charge in [0, 0.05) is 13.1 Å². The highest BCUT2D eigenvalue weighted by Gasteiger charge is 2.50. The number of benzene rings is 2. The number of anilines is 1. The van der Waals surface area contributed by atoms with Crippen LogP contribution in [0.3, 0.4) is 0 Å². The Hall–Kier alpha value is -2.86. The van der Waals surface area contributed by atoms with Gasteiger partial charge in [0.15, 0.2) is 0 Å². The van der Waals surface area contributed by atoms with Crippen LogP contribution in [0.4, 0.5) is 5.69 Å². The van der Waals surface area contributed by atoms with Crippen molar-refractivity contribution in [1.29, 1.82) is 0 Å². The number of rotatable bonds is 6. The molecule has 27 heavy (non-hydrogen) atoms. The topological polar surface area (TPSA) is 70.1 Å². The summed E-state index contributed by atoms with van der Waals surface area (Å²) in [6.45, 7) is 1.11. The number of methoxy groups -OCH3 is 1. The van der Waals surface area contributed by atoms with Crippen LogP contribution in [-0.4, -0.2) is 54.2 Å². The molecule has 0 saturated carbocycles. The van der Waals surface area contributed by atoms with E-state index in [4.69, 9.17) is 9.84 Å². The molecule has 2 fully saturated rings. The SMILES string of the molecule is COc1ccc(-c2ccccc2)cc1N1C(=O)[C@@H]2C[C@H]1CN2CCC(=O)O. The van der Waals surface area contributed by atoms with E-state index < -0.39 is 5.97 Å². The first-order valence-electron chi connectivity index (χ1n) is 9.11. The lowest BCUT2D eigenvalue weighted by atomic mass is 10.0. The zero-order valence-electron chi connectivity index (χ0n) is 15.2. The summed E-state index contributed by atoms with van der Waals surface area (Å²) in [6.07, 6.45) is 0.792. The standard InChI is InChI=1S/C21H22N2O4/c1-27-19-8-7-15(14-5-3-2-4-6-14)11-17(19)23-16-12-18(21(23)26)22(13-16)10-9-20(24)25/h2-8,11,16,18H,9-10,12-13H2,1H3,(H,24,25)/t16-,18-/m0/s1. The van der Waals surface area contributed by atoms with Gasteiger partial charge in [-0.25, -0.2) is 0 Å². The minimum atomic E-state index is -0.834. The first kappa shape index (κ1) is 17.5. The van der Waals surface area contributed by atoms with E-state index in [9.17, 15) is 9.59 Å². The van der Waals surface area contributed by atoms with Crippen LogP contribution in [-0.2, 0) is 9.59 Å². The molecule has 2 heterocycles. The van der Waals surface area contributed by atoms with Crippen molar-refractivity contribution in [3.05, 3.63) is 48.5 Å². The average molecular weight is 366 g/mol. The number of likely N-dealkylation sites (tertiary alicyclic amines) is 1.